The van der Waals surface area contributed by atoms with Crippen LogP contribution in [0.4, 0.5) is 4.39 Å². The summed E-state index contributed by atoms with van der Waals surface area (Å²) >= 11 is 1.22. The molecule has 110 valence electrons. The summed E-state index contributed by atoms with van der Waals surface area (Å²) in [5.74, 6) is -1.09. The van der Waals surface area contributed by atoms with E-state index in [9.17, 15) is 14.0 Å². The van der Waals surface area contributed by atoms with Gasteiger partial charge in [0.15, 0.2) is 11.9 Å². The van der Waals surface area contributed by atoms with E-state index in [0.29, 0.717) is 5.16 Å². The Morgan fingerprint density at radius 1 is 1.33 bits per heavy atom. The maximum atomic E-state index is 12.8. The first kappa shape index (κ1) is 15.2. The average Bonchev–Trinajstić information content (AvgIpc) is 2.49. The third kappa shape index (κ3) is 3.46. The lowest BCUT2D eigenvalue weighted by Crippen LogP contribution is -2.28. The Balaban J connectivity index is 2.16. The lowest BCUT2D eigenvalue weighted by atomic mass is 10.2. The fourth-order valence-electron chi connectivity index (χ4n) is 1.55. The predicted octanol–water partition coefficient (Wildman–Crippen LogP) is 1.62. The number of carbonyl (C=O) groups excluding carboxylic acids is 1. The molecule has 21 heavy (non-hydrogen) atoms. The molecule has 0 saturated heterocycles. The number of rotatable bonds is 4. The van der Waals surface area contributed by atoms with Crippen LogP contribution in [0.25, 0.3) is 0 Å². The highest BCUT2D eigenvalue weighted by Crippen LogP contribution is 2.09. The van der Waals surface area contributed by atoms with Crippen LogP contribution in [0.3, 0.4) is 0 Å². The summed E-state index contributed by atoms with van der Waals surface area (Å²) in [7, 11) is 0. The van der Waals surface area contributed by atoms with Crippen LogP contribution in [0.1, 0.15) is 16.1 Å². The van der Waals surface area contributed by atoms with Gasteiger partial charge in [0.25, 0.3) is 5.56 Å². The Morgan fingerprint density at radius 3 is 2.62 bits per heavy atom. The molecule has 0 saturated carbocycles. The zero-order valence-corrected chi connectivity index (χ0v) is 12.2. The van der Waals surface area contributed by atoms with E-state index in [-0.39, 0.29) is 23.5 Å². The number of hydrogen-bond donors (Lipinski definition) is 0. The van der Waals surface area contributed by atoms with Gasteiger partial charge in [-0.1, -0.05) is 11.8 Å². The van der Waals surface area contributed by atoms with Crippen molar-refractivity contribution in [2.45, 2.75) is 18.8 Å². The molecule has 0 aliphatic carbocycles. The third-order valence-corrected chi connectivity index (χ3v) is 3.33. The first-order chi connectivity index (χ1) is 10.0. The van der Waals surface area contributed by atoms with Gasteiger partial charge >= 0.3 is 5.97 Å². The van der Waals surface area contributed by atoms with E-state index in [0.717, 1.165) is 12.1 Å². The summed E-state index contributed by atoms with van der Waals surface area (Å²) in [6, 6.07) is 4.94. The molecule has 0 fully saturated rings. The average molecular weight is 309 g/mol. The van der Waals surface area contributed by atoms with Gasteiger partial charge in [0, 0.05) is 0 Å². The van der Waals surface area contributed by atoms with Gasteiger partial charge in [-0.25, -0.2) is 13.8 Å². The Morgan fingerprint density at radius 2 is 2.00 bits per heavy atom. The Hall–Kier alpha value is -2.22. The Bertz CT molecular complexity index is 716. The molecule has 0 amide bonds. The zero-order valence-electron chi connectivity index (χ0n) is 11.4. The van der Waals surface area contributed by atoms with Crippen molar-refractivity contribution in [2.24, 2.45) is 0 Å². The molecule has 0 spiro atoms. The van der Waals surface area contributed by atoms with Crippen molar-refractivity contribution < 1.29 is 13.9 Å². The molecule has 1 aromatic carbocycles. The molecule has 0 radical (unpaired) electrons. The van der Waals surface area contributed by atoms with Gasteiger partial charge < -0.3 is 4.74 Å². The highest BCUT2D eigenvalue weighted by Gasteiger charge is 2.12. The summed E-state index contributed by atoms with van der Waals surface area (Å²) in [6.45, 7) is 1.25. The van der Waals surface area contributed by atoms with Crippen LogP contribution < -0.4 is 5.56 Å². The Labute approximate surface area is 124 Å². The highest BCUT2D eigenvalue weighted by atomic mass is 32.2. The van der Waals surface area contributed by atoms with E-state index in [1.54, 1.807) is 6.26 Å². The number of benzene rings is 1. The number of nitrogens with zero attached hydrogens (tertiary/aromatic N) is 3. The summed E-state index contributed by atoms with van der Waals surface area (Å²) in [4.78, 5) is 23.8. The molecule has 0 atom stereocenters. The maximum absolute atomic E-state index is 12.8. The van der Waals surface area contributed by atoms with E-state index in [1.165, 1.54) is 35.4 Å². The smallest absolute Gasteiger partial charge is 0.339 e. The Kier molecular flexibility index (Phi) is 4.69. The molecule has 0 unspecified atom stereocenters. The molecule has 0 aliphatic heterocycles. The molecular weight excluding hydrogens is 297 g/mol. The van der Waals surface area contributed by atoms with Crippen LogP contribution in [-0.2, 0) is 11.5 Å². The molecule has 8 heteroatoms. The normalized spacial score (nSPS) is 10.4. The third-order valence-electron chi connectivity index (χ3n) is 2.66. The number of hydrogen-bond acceptors (Lipinski definition) is 6. The lowest BCUT2D eigenvalue weighted by molar-refractivity contribution is 0.0344. The van der Waals surface area contributed by atoms with Crippen LogP contribution in [-0.4, -0.2) is 27.0 Å². The van der Waals surface area contributed by atoms with Gasteiger partial charge in [-0.2, -0.15) is 0 Å². The molecule has 0 bridgehead atoms. The first-order valence-corrected chi connectivity index (χ1v) is 7.16. The van der Waals surface area contributed by atoms with Crippen LogP contribution in [0.5, 0.6) is 0 Å². The molecule has 0 aliphatic rings. The van der Waals surface area contributed by atoms with E-state index in [2.05, 4.69) is 10.2 Å². The van der Waals surface area contributed by atoms with Gasteiger partial charge in [0.1, 0.15) is 11.5 Å². The number of carbonyl (C=O) groups is 1. The number of aryl methyl sites for hydroxylation is 1. The fourth-order valence-corrected chi connectivity index (χ4v) is 2.03. The van der Waals surface area contributed by atoms with Crippen LogP contribution in [0.2, 0.25) is 0 Å². The van der Waals surface area contributed by atoms with Crippen molar-refractivity contribution in [2.75, 3.05) is 6.26 Å². The number of thioether (sulfide) groups is 1. The van der Waals surface area contributed by atoms with E-state index >= 15 is 0 Å². The largest absolute Gasteiger partial charge is 0.440 e. The number of halogens is 1. The minimum absolute atomic E-state index is 0.203. The summed E-state index contributed by atoms with van der Waals surface area (Å²) in [5.41, 5.74) is 0.0424. The molecule has 1 aromatic heterocycles. The highest BCUT2D eigenvalue weighted by molar-refractivity contribution is 7.98. The minimum Gasteiger partial charge on any atom is -0.440 e. The van der Waals surface area contributed by atoms with E-state index in [4.69, 9.17) is 4.74 Å². The van der Waals surface area contributed by atoms with Crippen LogP contribution >= 0.6 is 11.8 Å². The second-order valence-electron chi connectivity index (χ2n) is 4.07. The topological polar surface area (TPSA) is 74.1 Å². The monoisotopic (exact) mass is 309 g/mol. The minimum atomic E-state index is -0.650. The molecule has 2 rings (SSSR count). The number of aromatic nitrogens is 3. The molecule has 1 heterocycles. The van der Waals surface area contributed by atoms with Crippen molar-refractivity contribution >= 4 is 17.7 Å². The van der Waals surface area contributed by atoms with Gasteiger partial charge in [-0.05, 0) is 37.4 Å². The SMILES string of the molecule is CSc1nnc(C)c(=O)n1COC(=O)c1ccc(F)cc1. The van der Waals surface area contributed by atoms with Gasteiger partial charge in [0.2, 0.25) is 0 Å². The summed E-state index contributed by atoms with van der Waals surface area (Å²) in [5, 5.41) is 7.92. The quantitative estimate of drug-likeness (QED) is 0.631. The van der Waals surface area contributed by atoms with Gasteiger partial charge in [0.05, 0.1) is 5.56 Å². The van der Waals surface area contributed by atoms with Crippen molar-refractivity contribution in [1.82, 2.24) is 14.8 Å². The molecule has 6 nitrogen and oxygen atoms in total. The molecule has 2 aromatic rings. The fraction of sp³-hybridized carbons (Fsp3) is 0.231. The molecular formula is C13H12FN3O3S. The van der Waals surface area contributed by atoms with Gasteiger partial charge in [-0.15, -0.1) is 10.2 Å². The summed E-state index contributed by atoms with van der Waals surface area (Å²) in [6.07, 6.45) is 1.73. The zero-order chi connectivity index (χ0) is 15.4. The van der Waals surface area contributed by atoms with Crippen molar-refractivity contribution in [3.8, 4) is 0 Å². The van der Waals surface area contributed by atoms with Crippen LogP contribution in [0.15, 0.2) is 34.2 Å². The summed E-state index contributed by atoms with van der Waals surface area (Å²) < 4.78 is 19.1. The van der Waals surface area contributed by atoms with Crippen LogP contribution in [0, 0.1) is 12.7 Å². The second-order valence-corrected chi connectivity index (χ2v) is 4.85. The van der Waals surface area contributed by atoms with Gasteiger partial charge in [-0.3, -0.25) is 4.79 Å². The molecule has 0 N–H and O–H groups in total. The maximum Gasteiger partial charge on any atom is 0.339 e. The van der Waals surface area contributed by atoms with Crippen molar-refractivity contribution in [3.05, 3.63) is 51.7 Å². The van der Waals surface area contributed by atoms with Crippen molar-refractivity contribution in [3.63, 3.8) is 0 Å². The lowest BCUT2D eigenvalue weighted by Gasteiger charge is -2.10. The standard InChI is InChI=1S/C13H12FN3O3S/c1-8-11(18)17(13(21-2)16-15-8)7-20-12(19)9-3-5-10(14)6-4-9/h3-6H,7H2,1-2H3. The van der Waals surface area contributed by atoms with E-state index in [1.807, 2.05) is 0 Å². The first-order valence-electron chi connectivity index (χ1n) is 5.93. The number of ether oxygens (including phenoxy) is 1. The van der Waals surface area contributed by atoms with Crippen molar-refractivity contribution in [1.29, 1.82) is 0 Å². The second kappa shape index (κ2) is 6.49. The van der Waals surface area contributed by atoms with E-state index < -0.39 is 11.8 Å². The number of esters is 1. The predicted molar refractivity (Wildman–Crippen MR) is 74.6 cm³/mol.